The molecule has 0 fully saturated rings. The number of esters is 3. The molecule has 0 saturated carbocycles. The Labute approximate surface area is 452 Å². The van der Waals surface area contributed by atoms with Crippen molar-refractivity contribution in [3.05, 3.63) is 85.1 Å². The van der Waals surface area contributed by atoms with Gasteiger partial charge in [0.15, 0.2) is 6.10 Å². The Morgan fingerprint density at radius 1 is 0.288 bits per heavy atom. The van der Waals surface area contributed by atoms with Crippen molar-refractivity contribution in [2.75, 3.05) is 13.2 Å². The maximum Gasteiger partial charge on any atom is 0.306 e. The van der Waals surface area contributed by atoms with Crippen molar-refractivity contribution in [2.45, 2.75) is 309 Å². The van der Waals surface area contributed by atoms with Gasteiger partial charge in [0, 0.05) is 19.3 Å². The highest BCUT2D eigenvalue weighted by molar-refractivity contribution is 5.71. The Bertz CT molecular complexity index is 1400. The number of allylic oxidation sites excluding steroid dienone is 14. The molecule has 0 spiro atoms. The quantitative estimate of drug-likeness (QED) is 0.0261. The van der Waals surface area contributed by atoms with Gasteiger partial charge in [-0.1, -0.05) is 254 Å². The van der Waals surface area contributed by atoms with Crippen molar-refractivity contribution in [1.29, 1.82) is 0 Å². The average Bonchev–Trinajstić information content (AvgIpc) is 3.39. The predicted molar refractivity (Wildman–Crippen MR) is 316 cm³/mol. The number of rotatable bonds is 56. The molecular formula is C67H116O6. The van der Waals surface area contributed by atoms with E-state index in [1.165, 1.54) is 161 Å². The van der Waals surface area contributed by atoms with Gasteiger partial charge in [-0.3, -0.25) is 14.4 Å². The molecule has 0 aliphatic rings. The minimum absolute atomic E-state index is 0.0901. The molecule has 1 unspecified atom stereocenters. The zero-order valence-electron chi connectivity index (χ0n) is 48.1. The maximum absolute atomic E-state index is 12.9. The molecule has 0 aromatic rings. The van der Waals surface area contributed by atoms with E-state index in [4.69, 9.17) is 14.2 Å². The first-order valence-electron chi connectivity index (χ1n) is 31.1. The number of hydrogen-bond acceptors (Lipinski definition) is 6. The van der Waals surface area contributed by atoms with Gasteiger partial charge >= 0.3 is 17.9 Å². The molecule has 0 bridgehead atoms. The zero-order valence-corrected chi connectivity index (χ0v) is 48.1. The summed E-state index contributed by atoms with van der Waals surface area (Å²) in [7, 11) is 0. The molecule has 0 aliphatic carbocycles. The molecule has 0 rings (SSSR count). The maximum atomic E-state index is 12.9. The van der Waals surface area contributed by atoms with Crippen molar-refractivity contribution in [1.82, 2.24) is 0 Å². The number of hydrogen-bond donors (Lipinski definition) is 0. The molecule has 73 heavy (non-hydrogen) atoms. The van der Waals surface area contributed by atoms with E-state index in [1.807, 2.05) is 0 Å². The molecule has 6 nitrogen and oxygen atoms in total. The van der Waals surface area contributed by atoms with Crippen molar-refractivity contribution >= 4 is 17.9 Å². The van der Waals surface area contributed by atoms with Crippen molar-refractivity contribution in [3.8, 4) is 0 Å². The summed E-state index contributed by atoms with van der Waals surface area (Å²) in [5, 5.41) is 0. The minimum Gasteiger partial charge on any atom is -0.462 e. The molecule has 0 heterocycles. The Kier molecular flexibility index (Phi) is 58.3. The Hall–Kier alpha value is -3.41. The summed E-state index contributed by atoms with van der Waals surface area (Å²) in [5.41, 5.74) is 0. The van der Waals surface area contributed by atoms with Crippen LogP contribution in [0.2, 0.25) is 0 Å². The lowest BCUT2D eigenvalue weighted by Crippen LogP contribution is -2.30. The van der Waals surface area contributed by atoms with Gasteiger partial charge in [0.1, 0.15) is 13.2 Å². The van der Waals surface area contributed by atoms with Crippen LogP contribution in [0.4, 0.5) is 0 Å². The van der Waals surface area contributed by atoms with Gasteiger partial charge in [0.2, 0.25) is 0 Å². The van der Waals surface area contributed by atoms with Gasteiger partial charge in [-0.2, -0.15) is 0 Å². The van der Waals surface area contributed by atoms with E-state index >= 15 is 0 Å². The lowest BCUT2D eigenvalue weighted by Gasteiger charge is -2.18. The Morgan fingerprint density at radius 2 is 0.534 bits per heavy atom. The zero-order chi connectivity index (χ0) is 52.9. The summed E-state index contributed by atoms with van der Waals surface area (Å²) >= 11 is 0. The third-order valence-electron chi connectivity index (χ3n) is 13.4. The first kappa shape index (κ1) is 69.6. The van der Waals surface area contributed by atoms with Gasteiger partial charge < -0.3 is 14.2 Å². The van der Waals surface area contributed by atoms with Crippen LogP contribution in [0.25, 0.3) is 0 Å². The molecule has 6 heteroatoms. The van der Waals surface area contributed by atoms with Crippen LogP contribution >= 0.6 is 0 Å². The summed E-state index contributed by atoms with van der Waals surface area (Å²) in [6.45, 7) is 6.50. The SMILES string of the molecule is CC/C=C\C/C=C\C/C=C\CCCCCC(=O)OCC(COC(=O)CCCCCCCCCC/C=C\C/C=C\C/C=C\CCCCCCC)OC(=O)CCCCCCCCCCC/C=C\CCCCCCCC. The Morgan fingerprint density at radius 3 is 0.863 bits per heavy atom. The average molecular weight is 1020 g/mol. The van der Waals surface area contributed by atoms with Crippen LogP contribution in [0.5, 0.6) is 0 Å². The molecule has 0 radical (unpaired) electrons. The molecule has 0 aromatic carbocycles. The van der Waals surface area contributed by atoms with E-state index in [9.17, 15) is 14.4 Å². The first-order chi connectivity index (χ1) is 36.0. The van der Waals surface area contributed by atoms with Crippen LogP contribution in [-0.4, -0.2) is 37.2 Å². The van der Waals surface area contributed by atoms with Crippen molar-refractivity contribution < 1.29 is 28.6 Å². The summed E-state index contributed by atoms with van der Waals surface area (Å²) in [4.78, 5) is 38.2. The minimum atomic E-state index is -0.794. The summed E-state index contributed by atoms with van der Waals surface area (Å²) < 4.78 is 16.9. The third kappa shape index (κ3) is 59.3. The number of unbranched alkanes of at least 4 members (excludes halogenated alkanes) is 31. The summed E-state index contributed by atoms with van der Waals surface area (Å²) in [5.74, 6) is -0.920. The highest BCUT2D eigenvalue weighted by atomic mass is 16.6. The van der Waals surface area contributed by atoms with Crippen LogP contribution in [0.15, 0.2) is 85.1 Å². The highest BCUT2D eigenvalue weighted by Crippen LogP contribution is 2.16. The number of carbonyl (C=O) groups excluding carboxylic acids is 3. The molecule has 0 aromatic heterocycles. The van der Waals surface area contributed by atoms with Gasteiger partial charge in [0.25, 0.3) is 0 Å². The van der Waals surface area contributed by atoms with E-state index in [0.717, 1.165) is 103 Å². The fourth-order valence-corrected chi connectivity index (χ4v) is 8.69. The van der Waals surface area contributed by atoms with Crippen molar-refractivity contribution in [3.63, 3.8) is 0 Å². The second kappa shape index (κ2) is 61.1. The topological polar surface area (TPSA) is 78.9 Å². The molecule has 420 valence electrons. The van der Waals surface area contributed by atoms with E-state index in [1.54, 1.807) is 0 Å². The van der Waals surface area contributed by atoms with E-state index in [0.29, 0.717) is 19.3 Å². The Balaban J connectivity index is 4.37. The van der Waals surface area contributed by atoms with E-state index in [2.05, 4.69) is 106 Å². The summed E-state index contributed by atoms with van der Waals surface area (Å²) in [6.07, 6.45) is 80.1. The molecule has 0 aliphatic heterocycles. The van der Waals surface area contributed by atoms with Crippen LogP contribution < -0.4 is 0 Å². The van der Waals surface area contributed by atoms with Gasteiger partial charge in [-0.05, 0) is 116 Å². The fourth-order valence-electron chi connectivity index (χ4n) is 8.69. The van der Waals surface area contributed by atoms with Crippen LogP contribution in [0, 0.1) is 0 Å². The molecule has 0 N–H and O–H groups in total. The number of ether oxygens (including phenoxy) is 3. The van der Waals surface area contributed by atoms with Gasteiger partial charge in [0.05, 0.1) is 0 Å². The molecule has 1 atom stereocenters. The van der Waals surface area contributed by atoms with Crippen LogP contribution in [0.3, 0.4) is 0 Å². The van der Waals surface area contributed by atoms with Gasteiger partial charge in [-0.15, -0.1) is 0 Å². The van der Waals surface area contributed by atoms with Crippen molar-refractivity contribution in [2.24, 2.45) is 0 Å². The monoisotopic (exact) mass is 1020 g/mol. The lowest BCUT2D eigenvalue weighted by atomic mass is 10.1. The normalized spacial score (nSPS) is 12.6. The van der Waals surface area contributed by atoms with Crippen LogP contribution in [0.1, 0.15) is 303 Å². The lowest BCUT2D eigenvalue weighted by molar-refractivity contribution is -0.167. The second-order valence-electron chi connectivity index (χ2n) is 20.6. The first-order valence-corrected chi connectivity index (χ1v) is 31.1. The number of carbonyl (C=O) groups is 3. The molecule has 0 saturated heterocycles. The highest BCUT2D eigenvalue weighted by Gasteiger charge is 2.19. The molecular weight excluding hydrogens is 901 g/mol. The molecule has 0 amide bonds. The van der Waals surface area contributed by atoms with E-state index < -0.39 is 6.10 Å². The predicted octanol–water partition coefficient (Wildman–Crippen LogP) is 21.1. The van der Waals surface area contributed by atoms with Gasteiger partial charge in [-0.25, -0.2) is 0 Å². The fraction of sp³-hybridized carbons (Fsp3) is 0.746. The largest absolute Gasteiger partial charge is 0.462 e. The summed E-state index contributed by atoms with van der Waals surface area (Å²) in [6, 6.07) is 0. The van der Waals surface area contributed by atoms with Crippen LogP contribution in [-0.2, 0) is 28.6 Å². The third-order valence-corrected chi connectivity index (χ3v) is 13.4. The second-order valence-corrected chi connectivity index (χ2v) is 20.6. The standard InChI is InChI=1S/C67H116O6/c1-4-7-10-13-16-19-22-25-27-29-31-32-33-34-36-37-39-42-45-48-51-54-57-60-66(69)72-63-64(62-71-65(68)59-56-53-50-47-44-41-24-21-18-15-12-9-6-3)73-67(70)61-58-55-52-49-46-43-40-38-35-30-28-26-23-20-17-14-11-8-5-2/h9,12,18,21-22,25-26,28-29,31,33-34,41,44,64H,4-8,10-11,13-17,19-20,23-24,27,30,32,35-40,42-43,45-63H2,1-3H3/b12-9-,21-18-,25-22-,28-26-,31-29-,34-33-,44-41-. The smallest absolute Gasteiger partial charge is 0.306 e. The van der Waals surface area contributed by atoms with E-state index in [-0.39, 0.29) is 31.1 Å².